The van der Waals surface area contributed by atoms with Gasteiger partial charge >= 0.3 is 6.18 Å². The van der Waals surface area contributed by atoms with Gasteiger partial charge in [-0.25, -0.2) is 13.2 Å². The predicted molar refractivity (Wildman–Crippen MR) is 42.6 cm³/mol. The van der Waals surface area contributed by atoms with Crippen molar-refractivity contribution in [3.05, 3.63) is 12.2 Å². The Labute approximate surface area is 87.3 Å². The summed E-state index contributed by atoms with van der Waals surface area (Å²) < 4.78 is 77.8. The quantitative estimate of drug-likeness (QED) is 0.451. The number of halogens is 6. The molecule has 2 saturated carbocycles. The van der Waals surface area contributed by atoms with Crippen LogP contribution in [0.15, 0.2) is 12.2 Å². The van der Waals surface area contributed by atoms with Gasteiger partial charge in [0.2, 0.25) is 0 Å². The molecule has 5 unspecified atom stereocenters. The second kappa shape index (κ2) is 2.43. The van der Waals surface area contributed by atoms with Gasteiger partial charge in [-0.1, -0.05) is 12.2 Å². The number of hydrogen-bond donors (Lipinski definition) is 0. The molecule has 0 aromatic carbocycles. The maximum absolute atomic E-state index is 13.7. The molecule has 0 radical (unpaired) electrons. The summed E-state index contributed by atoms with van der Waals surface area (Å²) in [7, 11) is 0. The van der Waals surface area contributed by atoms with Crippen molar-refractivity contribution in [2.45, 2.75) is 24.2 Å². The van der Waals surface area contributed by atoms with E-state index in [1.54, 1.807) is 0 Å². The largest absolute Gasteiger partial charge is 0.428 e. The monoisotopic (exact) mass is 242 g/mol. The van der Waals surface area contributed by atoms with Gasteiger partial charge in [0.15, 0.2) is 0 Å². The van der Waals surface area contributed by atoms with E-state index in [0.29, 0.717) is 0 Å². The van der Waals surface area contributed by atoms with E-state index in [1.165, 1.54) is 12.2 Å². The second-order valence-corrected chi connectivity index (χ2v) is 4.83. The Morgan fingerprint density at radius 2 is 1.44 bits per heavy atom. The molecule has 6 heteroatoms. The zero-order valence-corrected chi connectivity index (χ0v) is 7.94. The molecule has 5 atom stereocenters. The van der Waals surface area contributed by atoms with Crippen LogP contribution in [0.25, 0.3) is 0 Å². The lowest BCUT2D eigenvalue weighted by Gasteiger charge is -2.56. The molecule has 0 nitrogen and oxygen atoms in total. The number of alkyl halides is 6. The maximum Gasteiger partial charge on any atom is 0.428 e. The van der Waals surface area contributed by atoms with E-state index >= 15 is 0 Å². The van der Waals surface area contributed by atoms with Gasteiger partial charge < -0.3 is 0 Å². The number of allylic oxidation sites excluding steroid dienone is 2. The van der Waals surface area contributed by atoms with Crippen molar-refractivity contribution >= 4 is 0 Å². The molecule has 3 rings (SSSR count). The first-order chi connectivity index (χ1) is 7.21. The smallest absolute Gasteiger partial charge is 0.227 e. The summed E-state index contributed by atoms with van der Waals surface area (Å²) in [5.74, 6) is -8.59. The first-order valence-corrected chi connectivity index (χ1v) is 5.03. The molecule has 0 aromatic heterocycles. The minimum atomic E-state index is -5.49. The highest BCUT2D eigenvalue weighted by molar-refractivity contribution is 5.31. The normalized spacial score (nSPS) is 52.6. The van der Waals surface area contributed by atoms with Crippen LogP contribution < -0.4 is 0 Å². The molecular weight excluding hydrogens is 234 g/mol. The van der Waals surface area contributed by atoms with Crippen LogP contribution in [0.5, 0.6) is 0 Å². The fourth-order valence-electron chi connectivity index (χ4n) is 3.61. The Kier molecular flexibility index (Phi) is 1.59. The first-order valence-electron chi connectivity index (χ1n) is 5.03. The van der Waals surface area contributed by atoms with Gasteiger partial charge in [0.25, 0.3) is 11.6 Å². The summed E-state index contributed by atoms with van der Waals surface area (Å²) in [5, 5.41) is 0. The Hall–Kier alpha value is -0.680. The second-order valence-electron chi connectivity index (χ2n) is 4.83. The van der Waals surface area contributed by atoms with Crippen molar-refractivity contribution in [1.82, 2.24) is 0 Å². The molecule has 0 N–H and O–H groups in total. The third-order valence-corrected chi connectivity index (χ3v) is 4.23. The van der Waals surface area contributed by atoms with E-state index < -0.39 is 41.4 Å². The van der Waals surface area contributed by atoms with Gasteiger partial charge in [0, 0.05) is 11.8 Å². The predicted octanol–water partition coefficient (Wildman–Crippen LogP) is 3.34. The van der Waals surface area contributed by atoms with E-state index in [-0.39, 0.29) is 6.42 Å². The van der Waals surface area contributed by atoms with Crippen LogP contribution in [0.2, 0.25) is 0 Å². The minimum absolute atomic E-state index is 0.229. The Morgan fingerprint density at radius 3 is 1.94 bits per heavy atom. The zero-order chi connectivity index (χ0) is 11.9. The van der Waals surface area contributed by atoms with Gasteiger partial charge in [0.05, 0.1) is 0 Å². The lowest BCUT2D eigenvalue weighted by atomic mass is 9.55. The number of rotatable bonds is 0. The fourth-order valence-corrected chi connectivity index (χ4v) is 3.61. The molecular formula is C10H8F6. The van der Waals surface area contributed by atoms with Crippen LogP contribution in [0.1, 0.15) is 6.42 Å². The van der Waals surface area contributed by atoms with Crippen LogP contribution in [-0.4, -0.2) is 17.8 Å². The van der Waals surface area contributed by atoms with Gasteiger partial charge in [-0.3, -0.25) is 0 Å². The van der Waals surface area contributed by atoms with E-state index in [9.17, 15) is 26.3 Å². The van der Waals surface area contributed by atoms with Crippen LogP contribution in [0.3, 0.4) is 0 Å². The molecule has 2 fully saturated rings. The summed E-state index contributed by atoms with van der Waals surface area (Å²) in [4.78, 5) is 0. The van der Waals surface area contributed by atoms with E-state index in [4.69, 9.17) is 0 Å². The lowest BCUT2D eigenvalue weighted by molar-refractivity contribution is -0.399. The molecule has 0 heterocycles. The standard InChI is InChI=1S/C10H8F6/c11-8(10(14,15)16)6-4-1-2-5(3-4)7(6)9(8,12)13/h1-2,4-7H,3H2. The highest BCUT2D eigenvalue weighted by Gasteiger charge is 2.90. The molecule has 3 aliphatic carbocycles. The highest BCUT2D eigenvalue weighted by Crippen LogP contribution is 2.74. The molecule has 2 bridgehead atoms. The summed E-state index contributed by atoms with van der Waals surface area (Å²) in [6, 6.07) is 0. The van der Waals surface area contributed by atoms with E-state index in [0.717, 1.165) is 0 Å². The summed E-state index contributed by atoms with van der Waals surface area (Å²) >= 11 is 0. The molecule has 0 aliphatic heterocycles. The van der Waals surface area contributed by atoms with Crippen molar-refractivity contribution in [3.63, 3.8) is 0 Å². The van der Waals surface area contributed by atoms with Crippen molar-refractivity contribution in [2.75, 3.05) is 0 Å². The average molecular weight is 242 g/mol. The van der Waals surface area contributed by atoms with E-state index in [1.807, 2.05) is 0 Å². The maximum atomic E-state index is 13.7. The minimum Gasteiger partial charge on any atom is -0.227 e. The van der Waals surface area contributed by atoms with Crippen LogP contribution in [-0.2, 0) is 0 Å². The van der Waals surface area contributed by atoms with Crippen LogP contribution in [0.4, 0.5) is 26.3 Å². The van der Waals surface area contributed by atoms with Gasteiger partial charge in [-0.2, -0.15) is 13.2 Å². The van der Waals surface area contributed by atoms with Crippen molar-refractivity contribution < 1.29 is 26.3 Å². The molecule has 3 aliphatic rings. The molecule has 0 aromatic rings. The molecule has 16 heavy (non-hydrogen) atoms. The first kappa shape index (κ1) is 10.5. The van der Waals surface area contributed by atoms with Crippen molar-refractivity contribution in [3.8, 4) is 0 Å². The third-order valence-electron chi connectivity index (χ3n) is 4.23. The van der Waals surface area contributed by atoms with Crippen LogP contribution in [0, 0.1) is 23.7 Å². The third kappa shape index (κ3) is 0.798. The van der Waals surface area contributed by atoms with E-state index in [2.05, 4.69) is 0 Å². The Morgan fingerprint density at radius 1 is 0.938 bits per heavy atom. The van der Waals surface area contributed by atoms with Gasteiger partial charge in [0.1, 0.15) is 0 Å². The number of hydrogen-bond acceptors (Lipinski definition) is 0. The highest BCUT2D eigenvalue weighted by atomic mass is 19.4. The molecule has 90 valence electrons. The summed E-state index contributed by atoms with van der Waals surface area (Å²) in [6.07, 6.45) is -2.32. The van der Waals surface area contributed by atoms with Crippen molar-refractivity contribution in [2.24, 2.45) is 23.7 Å². The Bertz CT molecular complexity index is 370. The topological polar surface area (TPSA) is 0 Å². The summed E-state index contributed by atoms with van der Waals surface area (Å²) in [6.45, 7) is 0. The van der Waals surface area contributed by atoms with Crippen LogP contribution >= 0.6 is 0 Å². The SMILES string of the molecule is FC(F)(F)C1(F)C2C3C=CC(C3)C2C1(F)F. The lowest BCUT2D eigenvalue weighted by Crippen LogP contribution is -2.75. The molecule has 0 spiro atoms. The fraction of sp³-hybridized carbons (Fsp3) is 0.800. The average Bonchev–Trinajstić information content (AvgIpc) is 2.72. The summed E-state index contributed by atoms with van der Waals surface area (Å²) in [5.41, 5.74) is -4.32. The molecule has 0 amide bonds. The molecule has 0 saturated heterocycles. The van der Waals surface area contributed by atoms with Crippen molar-refractivity contribution in [1.29, 1.82) is 0 Å². The van der Waals surface area contributed by atoms with Gasteiger partial charge in [-0.05, 0) is 18.3 Å². The van der Waals surface area contributed by atoms with Gasteiger partial charge in [-0.15, -0.1) is 0 Å². The Balaban J connectivity index is 2.07. The zero-order valence-electron chi connectivity index (χ0n) is 7.94. The number of fused-ring (bicyclic) bond motifs is 5.